The molecule has 9 heteroatoms. The number of hydrogen-bond acceptors (Lipinski definition) is 5. The molecule has 142 valence electrons. The van der Waals surface area contributed by atoms with Crippen LogP contribution in [-0.2, 0) is 14.3 Å². The number of cyclic esters (lactones) is 1. The maximum Gasteiger partial charge on any atom is 0.414 e. The van der Waals surface area contributed by atoms with Crippen molar-refractivity contribution in [1.82, 2.24) is 5.32 Å². The molecule has 1 aromatic carbocycles. The average molecular weight is 370 g/mol. The van der Waals surface area contributed by atoms with Crippen molar-refractivity contribution in [3.63, 3.8) is 0 Å². The van der Waals surface area contributed by atoms with Gasteiger partial charge in [-0.1, -0.05) is 0 Å². The molecular formula is C17H20F2N2O5. The number of esters is 1. The molecule has 0 radical (unpaired) electrons. The summed E-state index contributed by atoms with van der Waals surface area (Å²) in [4.78, 5) is 35.8. The number of nitrogens with one attached hydrogen (secondary N) is 1. The fourth-order valence-corrected chi connectivity index (χ4v) is 2.34. The zero-order valence-electron chi connectivity index (χ0n) is 14.9. The van der Waals surface area contributed by atoms with E-state index in [1.54, 1.807) is 20.8 Å². The van der Waals surface area contributed by atoms with Gasteiger partial charge in [-0.25, -0.2) is 18.4 Å². The van der Waals surface area contributed by atoms with Crippen LogP contribution in [0.1, 0.15) is 38.1 Å². The first-order valence-corrected chi connectivity index (χ1v) is 7.93. The van der Waals surface area contributed by atoms with E-state index in [0.29, 0.717) is 0 Å². The van der Waals surface area contributed by atoms with Crippen LogP contribution >= 0.6 is 0 Å². The largest absolute Gasteiger partial charge is 0.456 e. The Morgan fingerprint density at radius 1 is 1.31 bits per heavy atom. The van der Waals surface area contributed by atoms with Gasteiger partial charge in [0.15, 0.2) is 0 Å². The predicted molar refractivity (Wildman–Crippen MR) is 87.8 cm³/mol. The van der Waals surface area contributed by atoms with E-state index in [2.05, 4.69) is 5.32 Å². The van der Waals surface area contributed by atoms with Crippen LogP contribution in [0.5, 0.6) is 0 Å². The topological polar surface area (TPSA) is 84.9 Å². The van der Waals surface area contributed by atoms with Crippen LogP contribution < -0.4 is 10.2 Å². The molecule has 1 saturated heterocycles. The van der Waals surface area contributed by atoms with Gasteiger partial charge in [0.2, 0.25) is 5.91 Å². The van der Waals surface area contributed by atoms with Gasteiger partial charge in [0.25, 0.3) is 0 Å². The molecule has 0 aliphatic carbocycles. The quantitative estimate of drug-likeness (QED) is 0.823. The zero-order chi connectivity index (χ0) is 19.6. The van der Waals surface area contributed by atoms with Gasteiger partial charge in [0, 0.05) is 6.92 Å². The summed E-state index contributed by atoms with van der Waals surface area (Å²) < 4.78 is 38.6. The van der Waals surface area contributed by atoms with Gasteiger partial charge in [-0.05, 0) is 32.9 Å². The number of rotatable bonds is 4. The third-order valence-corrected chi connectivity index (χ3v) is 3.39. The molecule has 1 unspecified atom stereocenters. The number of halogens is 2. The second-order valence-electron chi connectivity index (χ2n) is 6.84. The Bertz CT molecular complexity index is 722. The first-order chi connectivity index (χ1) is 12.0. The highest BCUT2D eigenvalue weighted by Crippen LogP contribution is 2.27. The van der Waals surface area contributed by atoms with E-state index in [-0.39, 0.29) is 24.7 Å². The van der Waals surface area contributed by atoms with Gasteiger partial charge >= 0.3 is 12.1 Å². The second kappa shape index (κ2) is 7.27. The summed E-state index contributed by atoms with van der Waals surface area (Å²) in [6, 6.07) is 1.73. The van der Waals surface area contributed by atoms with Crippen LogP contribution in [0.15, 0.2) is 12.1 Å². The standard InChI is InChI=1S/C17H20F2N2O5/c1-9(22)20-7-11-8-21(16(24)25-11)10-5-12(18)14(13(19)6-10)15(23)26-17(2,3)4/h5-6,11H,7-8H2,1-4H3,(H,20,22). The minimum atomic E-state index is -1.15. The summed E-state index contributed by atoms with van der Waals surface area (Å²) in [5, 5.41) is 2.50. The highest BCUT2D eigenvalue weighted by molar-refractivity contribution is 5.93. The zero-order valence-corrected chi connectivity index (χ0v) is 14.9. The minimum absolute atomic E-state index is 0.00375. The third-order valence-electron chi connectivity index (χ3n) is 3.39. The van der Waals surface area contributed by atoms with Crippen molar-refractivity contribution >= 4 is 23.7 Å². The van der Waals surface area contributed by atoms with Crippen molar-refractivity contribution in [1.29, 1.82) is 0 Å². The number of nitrogens with zero attached hydrogens (tertiary/aromatic N) is 1. The molecule has 0 aromatic heterocycles. The number of ether oxygens (including phenoxy) is 2. The van der Waals surface area contributed by atoms with Crippen molar-refractivity contribution in [2.24, 2.45) is 0 Å². The summed E-state index contributed by atoms with van der Waals surface area (Å²) in [5.74, 6) is -3.72. The number of carbonyl (C=O) groups is 3. The fraction of sp³-hybridized carbons (Fsp3) is 0.471. The van der Waals surface area contributed by atoms with Crippen molar-refractivity contribution in [3.05, 3.63) is 29.3 Å². The molecule has 1 aliphatic rings. The first kappa shape index (κ1) is 19.6. The molecule has 2 amide bonds. The molecule has 0 bridgehead atoms. The molecule has 1 aromatic rings. The van der Waals surface area contributed by atoms with Crippen LogP contribution in [0, 0.1) is 11.6 Å². The highest BCUT2D eigenvalue weighted by Gasteiger charge is 2.34. The lowest BCUT2D eigenvalue weighted by atomic mass is 10.1. The maximum absolute atomic E-state index is 14.3. The normalized spacial score (nSPS) is 17.1. The molecule has 26 heavy (non-hydrogen) atoms. The Balaban J connectivity index is 2.20. The van der Waals surface area contributed by atoms with Crippen LogP contribution in [-0.4, -0.2) is 42.8 Å². The number of anilines is 1. The first-order valence-electron chi connectivity index (χ1n) is 7.93. The van der Waals surface area contributed by atoms with Crippen LogP contribution in [0.2, 0.25) is 0 Å². The lowest BCUT2D eigenvalue weighted by Gasteiger charge is -2.20. The summed E-state index contributed by atoms with van der Waals surface area (Å²) in [6.07, 6.45) is -1.45. The van der Waals surface area contributed by atoms with Gasteiger partial charge in [0.05, 0.1) is 18.8 Å². The Morgan fingerprint density at radius 3 is 2.38 bits per heavy atom. The number of hydrogen-bond donors (Lipinski definition) is 1. The van der Waals surface area contributed by atoms with E-state index in [0.717, 1.165) is 17.0 Å². The monoisotopic (exact) mass is 370 g/mol. The van der Waals surface area contributed by atoms with Crippen LogP contribution in [0.3, 0.4) is 0 Å². The third kappa shape index (κ3) is 4.68. The van der Waals surface area contributed by atoms with Crippen molar-refractivity contribution in [3.8, 4) is 0 Å². The number of amides is 2. The van der Waals surface area contributed by atoms with E-state index in [4.69, 9.17) is 9.47 Å². The minimum Gasteiger partial charge on any atom is -0.456 e. The smallest absolute Gasteiger partial charge is 0.414 e. The molecule has 1 atom stereocenters. The van der Waals surface area contributed by atoms with Crippen LogP contribution in [0.25, 0.3) is 0 Å². The molecule has 0 spiro atoms. The average Bonchev–Trinajstić information content (AvgIpc) is 2.83. The Kier molecular flexibility index (Phi) is 5.48. The number of benzene rings is 1. The lowest BCUT2D eigenvalue weighted by Crippen LogP contribution is -2.33. The molecule has 1 N–H and O–H groups in total. The fourth-order valence-electron chi connectivity index (χ4n) is 2.34. The summed E-state index contributed by atoms with van der Waals surface area (Å²) in [5.41, 5.74) is -1.83. The molecule has 1 fully saturated rings. The molecular weight excluding hydrogens is 350 g/mol. The highest BCUT2D eigenvalue weighted by atomic mass is 19.1. The van der Waals surface area contributed by atoms with E-state index < -0.39 is 41.0 Å². The molecule has 7 nitrogen and oxygen atoms in total. The Morgan fingerprint density at radius 2 is 1.88 bits per heavy atom. The summed E-state index contributed by atoms with van der Waals surface area (Å²) >= 11 is 0. The Labute approximate surface area is 149 Å². The van der Waals surface area contributed by atoms with Crippen molar-refractivity contribution in [2.45, 2.75) is 39.4 Å². The van der Waals surface area contributed by atoms with Gasteiger partial charge in [0.1, 0.15) is 28.9 Å². The SMILES string of the molecule is CC(=O)NCC1CN(c2cc(F)c(C(=O)OC(C)(C)C)c(F)c2)C(=O)O1. The van der Waals surface area contributed by atoms with Gasteiger partial charge in [-0.3, -0.25) is 9.69 Å². The van der Waals surface area contributed by atoms with E-state index in [1.807, 2.05) is 0 Å². The van der Waals surface area contributed by atoms with Crippen molar-refractivity contribution in [2.75, 3.05) is 18.0 Å². The van der Waals surface area contributed by atoms with E-state index in [9.17, 15) is 23.2 Å². The number of carbonyl (C=O) groups excluding carboxylic acids is 3. The van der Waals surface area contributed by atoms with E-state index >= 15 is 0 Å². The molecule has 1 aliphatic heterocycles. The lowest BCUT2D eigenvalue weighted by molar-refractivity contribution is -0.119. The van der Waals surface area contributed by atoms with Crippen LogP contribution in [0.4, 0.5) is 19.3 Å². The summed E-state index contributed by atoms with van der Waals surface area (Å²) in [7, 11) is 0. The molecule has 2 rings (SSSR count). The maximum atomic E-state index is 14.3. The van der Waals surface area contributed by atoms with Gasteiger partial charge < -0.3 is 14.8 Å². The second-order valence-corrected chi connectivity index (χ2v) is 6.84. The van der Waals surface area contributed by atoms with Crippen molar-refractivity contribution < 1.29 is 32.6 Å². The van der Waals surface area contributed by atoms with Gasteiger partial charge in [-0.2, -0.15) is 0 Å². The Hall–Kier alpha value is -2.71. The summed E-state index contributed by atoms with van der Waals surface area (Å²) in [6.45, 7) is 6.12. The predicted octanol–water partition coefficient (Wildman–Crippen LogP) is 2.38. The van der Waals surface area contributed by atoms with E-state index in [1.165, 1.54) is 6.92 Å². The molecule has 0 saturated carbocycles. The van der Waals surface area contributed by atoms with Gasteiger partial charge in [-0.15, -0.1) is 0 Å². The molecule has 1 heterocycles.